The van der Waals surface area contributed by atoms with Crippen molar-refractivity contribution in [2.75, 3.05) is 20.3 Å². The quantitative estimate of drug-likeness (QED) is 0.678. The van der Waals surface area contributed by atoms with E-state index >= 15 is 0 Å². The Kier molecular flexibility index (Phi) is 4.97. The average Bonchev–Trinajstić information content (AvgIpc) is 2.22. The molecule has 5 heteroatoms. The molecule has 1 aromatic carbocycles. The summed E-state index contributed by atoms with van der Waals surface area (Å²) < 4.78 is 18.8. The van der Waals surface area contributed by atoms with Crippen molar-refractivity contribution in [2.24, 2.45) is 0 Å². The molecule has 0 bridgehead atoms. The van der Waals surface area contributed by atoms with Crippen LogP contribution in [0.15, 0.2) is 18.2 Å². The van der Waals surface area contributed by atoms with Gasteiger partial charge in [0, 0.05) is 17.2 Å². The molecular formula is C10H11FINO2. The fraction of sp³-hybridized carbons (Fsp3) is 0.300. The smallest absolute Gasteiger partial charge is 0.254 e. The summed E-state index contributed by atoms with van der Waals surface area (Å²) in [4.78, 5) is 11.5. The number of halogens is 2. The molecule has 0 saturated heterocycles. The molecular weight excluding hydrogens is 312 g/mol. The van der Waals surface area contributed by atoms with E-state index < -0.39 is 11.7 Å². The number of amides is 1. The highest BCUT2D eigenvalue weighted by Gasteiger charge is 2.10. The Morgan fingerprint density at radius 1 is 1.60 bits per heavy atom. The third kappa shape index (κ3) is 3.75. The Morgan fingerprint density at radius 3 is 3.00 bits per heavy atom. The van der Waals surface area contributed by atoms with E-state index in [1.165, 1.54) is 19.2 Å². The van der Waals surface area contributed by atoms with Crippen LogP contribution in [0.3, 0.4) is 0 Å². The van der Waals surface area contributed by atoms with Crippen LogP contribution in [0.25, 0.3) is 0 Å². The van der Waals surface area contributed by atoms with Crippen molar-refractivity contribution in [2.45, 2.75) is 0 Å². The highest BCUT2D eigenvalue weighted by atomic mass is 127. The van der Waals surface area contributed by atoms with Gasteiger partial charge in [-0.2, -0.15) is 0 Å². The molecule has 3 nitrogen and oxygen atoms in total. The van der Waals surface area contributed by atoms with Crippen LogP contribution >= 0.6 is 22.6 Å². The van der Waals surface area contributed by atoms with E-state index in [9.17, 15) is 9.18 Å². The van der Waals surface area contributed by atoms with E-state index in [2.05, 4.69) is 5.32 Å². The van der Waals surface area contributed by atoms with E-state index in [4.69, 9.17) is 4.74 Å². The summed E-state index contributed by atoms with van der Waals surface area (Å²) in [5.74, 6) is -0.923. The topological polar surface area (TPSA) is 38.3 Å². The SMILES string of the molecule is COCCNC(=O)c1cc(I)ccc1F. The summed E-state index contributed by atoms with van der Waals surface area (Å²) in [5.41, 5.74) is 0.0676. The number of ether oxygens (including phenoxy) is 1. The number of rotatable bonds is 4. The zero-order chi connectivity index (χ0) is 11.3. The number of carbonyl (C=O) groups excluding carboxylic acids is 1. The van der Waals surface area contributed by atoms with Crippen molar-refractivity contribution in [3.05, 3.63) is 33.1 Å². The fourth-order valence-electron chi connectivity index (χ4n) is 1.03. The fourth-order valence-corrected chi connectivity index (χ4v) is 1.52. The monoisotopic (exact) mass is 323 g/mol. The number of hydrogen-bond acceptors (Lipinski definition) is 2. The van der Waals surface area contributed by atoms with Gasteiger partial charge in [0.1, 0.15) is 5.82 Å². The van der Waals surface area contributed by atoms with Crippen molar-refractivity contribution < 1.29 is 13.9 Å². The predicted molar refractivity (Wildman–Crippen MR) is 63.3 cm³/mol. The van der Waals surface area contributed by atoms with E-state index in [1.54, 1.807) is 6.07 Å². The first-order chi connectivity index (χ1) is 7.15. The van der Waals surface area contributed by atoms with Crippen molar-refractivity contribution in [3.63, 3.8) is 0 Å². The van der Waals surface area contributed by atoms with Gasteiger partial charge < -0.3 is 10.1 Å². The molecule has 0 fully saturated rings. The first kappa shape index (κ1) is 12.4. The molecule has 1 N–H and O–H groups in total. The molecule has 0 unspecified atom stereocenters. The van der Waals surface area contributed by atoms with E-state index in [1.807, 2.05) is 22.6 Å². The number of methoxy groups -OCH3 is 1. The molecule has 0 aliphatic rings. The molecule has 0 aliphatic carbocycles. The Hall–Kier alpha value is -0.690. The molecule has 1 aromatic rings. The molecule has 0 saturated carbocycles. The zero-order valence-electron chi connectivity index (χ0n) is 8.22. The maximum absolute atomic E-state index is 13.2. The Morgan fingerprint density at radius 2 is 2.33 bits per heavy atom. The van der Waals surface area contributed by atoms with Crippen molar-refractivity contribution in [3.8, 4) is 0 Å². The minimum Gasteiger partial charge on any atom is -0.383 e. The van der Waals surface area contributed by atoms with Crippen molar-refractivity contribution in [1.29, 1.82) is 0 Å². The molecule has 15 heavy (non-hydrogen) atoms. The van der Waals surface area contributed by atoms with Crippen LogP contribution < -0.4 is 5.32 Å². The van der Waals surface area contributed by atoms with Crippen molar-refractivity contribution in [1.82, 2.24) is 5.32 Å². The third-order valence-corrected chi connectivity index (χ3v) is 2.44. The standard InChI is InChI=1S/C10H11FINO2/c1-15-5-4-13-10(14)8-6-7(12)2-3-9(8)11/h2-3,6H,4-5H2,1H3,(H,13,14). The van der Waals surface area contributed by atoms with Gasteiger partial charge in [0.2, 0.25) is 0 Å². The molecule has 1 rings (SSSR count). The second-order valence-corrected chi connectivity index (χ2v) is 4.12. The summed E-state index contributed by atoms with van der Waals surface area (Å²) in [6.07, 6.45) is 0. The highest BCUT2D eigenvalue weighted by Crippen LogP contribution is 2.12. The molecule has 0 aliphatic heterocycles. The lowest BCUT2D eigenvalue weighted by molar-refractivity contribution is 0.0933. The lowest BCUT2D eigenvalue weighted by Gasteiger charge is -2.05. The van der Waals surface area contributed by atoms with E-state index in [0.717, 1.165) is 3.57 Å². The largest absolute Gasteiger partial charge is 0.383 e. The Labute approximate surface area is 101 Å². The molecule has 0 radical (unpaired) electrons. The number of benzene rings is 1. The number of carbonyl (C=O) groups is 1. The Balaban J connectivity index is 2.68. The zero-order valence-corrected chi connectivity index (χ0v) is 10.4. The van der Waals surface area contributed by atoms with Crippen LogP contribution in [0.4, 0.5) is 4.39 Å². The summed E-state index contributed by atoms with van der Waals surface area (Å²) in [6.45, 7) is 0.789. The van der Waals surface area contributed by atoms with Gasteiger partial charge in [-0.05, 0) is 40.8 Å². The van der Waals surface area contributed by atoms with Crippen LogP contribution in [-0.4, -0.2) is 26.2 Å². The molecule has 0 spiro atoms. The van der Waals surface area contributed by atoms with Gasteiger partial charge in [-0.3, -0.25) is 4.79 Å². The number of nitrogens with one attached hydrogen (secondary N) is 1. The molecule has 0 heterocycles. The number of hydrogen-bond donors (Lipinski definition) is 1. The second kappa shape index (κ2) is 6.02. The summed E-state index contributed by atoms with van der Waals surface area (Å²) in [6, 6.07) is 4.41. The second-order valence-electron chi connectivity index (χ2n) is 2.87. The minimum absolute atomic E-state index is 0.0676. The van der Waals surface area contributed by atoms with Gasteiger partial charge >= 0.3 is 0 Å². The molecule has 0 aromatic heterocycles. The van der Waals surface area contributed by atoms with Gasteiger partial charge in [0.25, 0.3) is 5.91 Å². The van der Waals surface area contributed by atoms with Crippen LogP contribution in [0.2, 0.25) is 0 Å². The van der Waals surface area contributed by atoms with Crippen LogP contribution in [0.5, 0.6) is 0 Å². The highest BCUT2D eigenvalue weighted by molar-refractivity contribution is 14.1. The van der Waals surface area contributed by atoms with Gasteiger partial charge in [0.05, 0.1) is 12.2 Å². The molecule has 0 atom stereocenters. The van der Waals surface area contributed by atoms with Gasteiger partial charge in [-0.25, -0.2) is 4.39 Å². The van der Waals surface area contributed by atoms with Gasteiger partial charge in [0.15, 0.2) is 0 Å². The normalized spacial score (nSPS) is 10.1. The van der Waals surface area contributed by atoms with Crippen LogP contribution in [-0.2, 0) is 4.74 Å². The van der Waals surface area contributed by atoms with Crippen LogP contribution in [0.1, 0.15) is 10.4 Å². The summed E-state index contributed by atoms with van der Waals surface area (Å²) >= 11 is 2.03. The first-order valence-corrected chi connectivity index (χ1v) is 5.45. The summed E-state index contributed by atoms with van der Waals surface area (Å²) in [7, 11) is 1.54. The first-order valence-electron chi connectivity index (χ1n) is 4.37. The maximum atomic E-state index is 13.2. The predicted octanol–water partition coefficient (Wildman–Crippen LogP) is 1.81. The van der Waals surface area contributed by atoms with Crippen LogP contribution in [0, 0.1) is 9.39 Å². The lowest BCUT2D eigenvalue weighted by Crippen LogP contribution is -2.27. The lowest BCUT2D eigenvalue weighted by atomic mass is 10.2. The Bertz CT molecular complexity index is 357. The minimum atomic E-state index is -0.509. The third-order valence-electron chi connectivity index (χ3n) is 1.76. The van der Waals surface area contributed by atoms with Gasteiger partial charge in [-0.15, -0.1) is 0 Å². The van der Waals surface area contributed by atoms with Crippen molar-refractivity contribution >= 4 is 28.5 Å². The van der Waals surface area contributed by atoms with E-state index in [-0.39, 0.29) is 5.56 Å². The average molecular weight is 323 g/mol. The van der Waals surface area contributed by atoms with Gasteiger partial charge in [-0.1, -0.05) is 0 Å². The maximum Gasteiger partial charge on any atom is 0.254 e. The molecule has 82 valence electrons. The molecule has 1 amide bonds. The summed E-state index contributed by atoms with van der Waals surface area (Å²) in [5, 5.41) is 2.56. The van der Waals surface area contributed by atoms with E-state index in [0.29, 0.717) is 13.2 Å².